The number of hydrogen-bond acceptors (Lipinski definition) is 6. The topological polar surface area (TPSA) is 71.6 Å². The van der Waals surface area contributed by atoms with Crippen molar-refractivity contribution in [2.45, 2.75) is 32.1 Å². The number of methoxy groups -OCH3 is 1. The molecule has 0 unspecified atom stereocenters. The lowest BCUT2D eigenvalue weighted by Gasteiger charge is -2.36. The van der Waals surface area contributed by atoms with Crippen LogP contribution >= 0.6 is 0 Å². The number of ether oxygens (including phenoxy) is 3. The number of hydrogen-bond donors (Lipinski definition) is 0. The third kappa shape index (κ3) is 4.74. The maximum absolute atomic E-state index is 13.2. The van der Waals surface area contributed by atoms with Crippen LogP contribution in [0.4, 0.5) is 16.2 Å². The molecule has 5 rings (SSSR count). The third-order valence-electron chi connectivity index (χ3n) is 6.91. The summed E-state index contributed by atoms with van der Waals surface area (Å²) in [6.45, 7) is 3.96. The van der Waals surface area contributed by atoms with Gasteiger partial charge in [0.25, 0.3) is 0 Å². The Balaban J connectivity index is 1.22. The van der Waals surface area contributed by atoms with Crippen molar-refractivity contribution in [2.75, 3.05) is 49.8 Å². The Labute approximate surface area is 200 Å². The number of rotatable bonds is 6. The summed E-state index contributed by atoms with van der Waals surface area (Å²) >= 11 is 0. The van der Waals surface area contributed by atoms with Gasteiger partial charge in [-0.05, 0) is 54.8 Å². The van der Waals surface area contributed by atoms with E-state index in [2.05, 4.69) is 17.0 Å². The minimum absolute atomic E-state index is 0.0433. The van der Waals surface area contributed by atoms with Gasteiger partial charge in [0.1, 0.15) is 5.75 Å². The zero-order valence-corrected chi connectivity index (χ0v) is 19.5. The zero-order valence-electron chi connectivity index (χ0n) is 19.5. The molecule has 0 aliphatic carbocycles. The Morgan fingerprint density at radius 2 is 1.53 bits per heavy atom. The van der Waals surface area contributed by atoms with Crippen molar-refractivity contribution in [3.05, 3.63) is 54.1 Å². The maximum Gasteiger partial charge on any atom is 0.331 e. The molecule has 2 aromatic carbocycles. The second-order valence-corrected chi connectivity index (χ2v) is 8.96. The maximum atomic E-state index is 13.2. The molecule has 0 saturated carbocycles. The molecule has 3 aliphatic heterocycles. The summed E-state index contributed by atoms with van der Waals surface area (Å²) in [5.74, 6) is 1.05. The zero-order chi connectivity index (χ0) is 23.5. The minimum atomic E-state index is -0.280. The van der Waals surface area contributed by atoms with E-state index in [0.29, 0.717) is 32.1 Å². The van der Waals surface area contributed by atoms with Crippen LogP contribution in [-0.2, 0) is 20.8 Å². The monoisotopic (exact) mass is 465 g/mol. The van der Waals surface area contributed by atoms with Crippen molar-refractivity contribution in [3.63, 3.8) is 0 Å². The molecule has 3 heterocycles. The van der Waals surface area contributed by atoms with E-state index in [1.807, 2.05) is 36.4 Å². The highest BCUT2D eigenvalue weighted by Gasteiger charge is 2.33. The van der Waals surface area contributed by atoms with Crippen molar-refractivity contribution in [1.82, 2.24) is 4.90 Å². The molecule has 8 nitrogen and oxygen atoms in total. The predicted octanol–water partition coefficient (Wildman–Crippen LogP) is 3.64. The van der Waals surface area contributed by atoms with E-state index in [4.69, 9.17) is 14.2 Å². The van der Waals surface area contributed by atoms with E-state index >= 15 is 0 Å². The molecule has 3 fully saturated rings. The molecule has 0 atom stereocenters. The summed E-state index contributed by atoms with van der Waals surface area (Å²) in [5, 5.41) is 0. The number of anilines is 2. The van der Waals surface area contributed by atoms with Crippen LogP contribution in [-0.4, -0.2) is 63.1 Å². The number of imide groups is 1. The first-order valence-corrected chi connectivity index (χ1v) is 12.0. The fourth-order valence-corrected chi connectivity index (χ4v) is 4.92. The van der Waals surface area contributed by atoms with Gasteiger partial charge in [-0.2, -0.15) is 0 Å². The van der Waals surface area contributed by atoms with Crippen molar-refractivity contribution in [3.8, 4) is 5.75 Å². The summed E-state index contributed by atoms with van der Waals surface area (Å²) in [7, 11) is 1.61. The minimum Gasteiger partial charge on any atom is -0.497 e. The highest BCUT2D eigenvalue weighted by atomic mass is 16.7. The first-order valence-electron chi connectivity index (χ1n) is 12.0. The molecule has 0 bridgehead atoms. The fourth-order valence-electron chi connectivity index (χ4n) is 4.92. The van der Waals surface area contributed by atoms with Gasteiger partial charge >= 0.3 is 6.03 Å². The number of amides is 3. The summed E-state index contributed by atoms with van der Waals surface area (Å²) < 4.78 is 16.5. The third-order valence-corrected chi connectivity index (χ3v) is 6.91. The average molecular weight is 466 g/mol. The quantitative estimate of drug-likeness (QED) is 0.649. The number of benzene rings is 2. The molecular weight excluding hydrogens is 434 g/mol. The van der Waals surface area contributed by atoms with Gasteiger partial charge < -0.3 is 19.1 Å². The number of nitrogens with zero attached hydrogens (tertiary/aromatic N) is 3. The van der Waals surface area contributed by atoms with Gasteiger partial charge in [0.05, 0.1) is 26.9 Å². The Morgan fingerprint density at radius 1 is 0.882 bits per heavy atom. The molecule has 3 saturated heterocycles. The van der Waals surface area contributed by atoms with Crippen molar-refractivity contribution in [2.24, 2.45) is 5.92 Å². The molecule has 0 spiro atoms. The van der Waals surface area contributed by atoms with E-state index in [9.17, 15) is 9.59 Å². The van der Waals surface area contributed by atoms with Crippen LogP contribution in [0.15, 0.2) is 48.5 Å². The fraction of sp³-hybridized carbons (Fsp3) is 0.462. The van der Waals surface area contributed by atoms with Gasteiger partial charge in [0.2, 0.25) is 5.91 Å². The van der Waals surface area contributed by atoms with Gasteiger partial charge in [-0.1, -0.05) is 12.1 Å². The van der Waals surface area contributed by atoms with Crippen molar-refractivity contribution >= 4 is 23.3 Å². The molecule has 180 valence electrons. The summed E-state index contributed by atoms with van der Waals surface area (Å²) in [6.07, 6.45) is 2.35. The van der Waals surface area contributed by atoms with Gasteiger partial charge in [-0.15, -0.1) is 0 Å². The van der Waals surface area contributed by atoms with E-state index in [1.165, 1.54) is 4.90 Å². The first kappa shape index (κ1) is 22.7. The first-order chi connectivity index (χ1) is 16.6. The molecule has 0 aromatic heterocycles. The second kappa shape index (κ2) is 10.0. The van der Waals surface area contributed by atoms with Crippen LogP contribution in [0.2, 0.25) is 0 Å². The number of carbonyl (C=O) groups excluding carboxylic acids is 2. The number of urea groups is 1. The van der Waals surface area contributed by atoms with E-state index in [0.717, 1.165) is 48.6 Å². The van der Waals surface area contributed by atoms with Gasteiger partial charge in [0, 0.05) is 43.3 Å². The standard InChI is InChI=1S/C26H31N3O5/c1-32-23-8-2-19(3-9-23)18-29-24(30)12-15-28(26(29)31)22-6-4-21(5-7-22)27-13-10-20(11-14-27)25-33-16-17-34-25/h2-9,20,25H,10-18H2,1H3. The summed E-state index contributed by atoms with van der Waals surface area (Å²) in [4.78, 5) is 31.1. The molecule has 3 amide bonds. The molecular formula is C26H31N3O5. The molecule has 34 heavy (non-hydrogen) atoms. The van der Waals surface area contributed by atoms with Gasteiger partial charge in [-0.25, -0.2) is 4.79 Å². The molecule has 8 heteroatoms. The van der Waals surface area contributed by atoms with Gasteiger partial charge in [0.15, 0.2) is 6.29 Å². The van der Waals surface area contributed by atoms with E-state index < -0.39 is 0 Å². The number of piperidine rings is 1. The normalized spacial score (nSPS) is 20.3. The van der Waals surface area contributed by atoms with Crippen LogP contribution in [0.1, 0.15) is 24.8 Å². The van der Waals surface area contributed by atoms with Crippen LogP contribution in [0, 0.1) is 5.92 Å². The number of carbonyl (C=O) groups is 2. The predicted molar refractivity (Wildman–Crippen MR) is 128 cm³/mol. The SMILES string of the molecule is COc1ccc(CN2C(=O)CCN(c3ccc(N4CCC(C5OCCO5)CC4)cc3)C2=O)cc1. The van der Waals surface area contributed by atoms with Crippen molar-refractivity contribution in [1.29, 1.82) is 0 Å². The van der Waals surface area contributed by atoms with Crippen molar-refractivity contribution < 1.29 is 23.8 Å². The largest absolute Gasteiger partial charge is 0.497 e. The Hall–Kier alpha value is -3.10. The lowest BCUT2D eigenvalue weighted by molar-refractivity contribution is -0.129. The highest BCUT2D eigenvalue weighted by molar-refractivity contribution is 6.05. The highest BCUT2D eigenvalue weighted by Crippen LogP contribution is 2.30. The van der Waals surface area contributed by atoms with Crippen LogP contribution in [0.5, 0.6) is 5.75 Å². The summed E-state index contributed by atoms with van der Waals surface area (Å²) in [5.41, 5.74) is 2.84. The van der Waals surface area contributed by atoms with Crippen LogP contribution in [0.3, 0.4) is 0 Å². The Morgan fingerprint density at radius 3 is 2.18 bits per heavy atom. The van der Waals surface area contributed by atoms with Crippen LogP contribution < -0.4 is 14.5 Å². The Bertz CT molecular complexity index is 996. The molecule has 0 radical (unpaired) electrons. The lowest BCUT2D eigenvalue weighted by Crippen LogP contribution is -2.52. The second-order valence-electron chi connectivity index (χ2n) is 8.96. The summed E-state index contributed by atoms with van der Waals surface area (Å²) in [6, 6.07) is 15.2. The molecule has 0 N–H and O–H groups in total. The lowest BCUT2D eigenvalue weighted by atomic mass is 9.96. The Kier molecular flexibility index (Phi) is 6.69. The average Bonchev–Trinajstić information content (AvgIpc) is 3.42. The molecule has 3 aliphatic rings. The van der Waals surface area contributed by atoms with E-state index in [1.54, 1.807) is 12.0 Å². The van der Waals surface area contributed by atoms with E-state index in [-0.39, 0.29) is 24.8 Å². The van der Waals surface area contributed by atoms with Crippen LogP contribution in [0.25, 0.3) is 0 Å². The van der Waals surface area contributed by atoms with Gasteiger partial charge in [-0.3, -0.25) is 14.6 Å². The smallest absolute Gasteiger partial charge is 0.331 e. The molecule has 2 aromatic rings.